The summed E-state index contributed by atoms with van der Waals surface area (Å²) in [6.07, 6.45) is 6.09. The molecule has 0 unspecified atom stereocenters. The van der Waals surface area contributed by atoms with Crippen molar-refractivity contribution < 1.29 is 4.79 Å². The Labute approximate surface area is 138 Å². The minimum atomic E-state index is 0.102. The Hall–Kier alpha value is -2.10. The molecule has 0 N–H and O–H groups in total. The van der Waals surface area contributed by atoms with Gasteiger partial charge in [-0.1, -0.05) is 44.2 Å². The second-order valence-electron chi connectivity index (χ2n) is 6.69. The summed E-state index contributed by atoms with van der Waals surface area (Å²) < 4.78 is 2.25. The molecule has 1 aliphatic rings. The maximum atomic E-state index is 12.1. The summed E-state index contributed by atoms with van der Waals surface area (Å²) >= 11 is 0. The Balaban J connectivity index is 1.62. The quantitative estimate of drug-likeness (QED) is 0.867. The van der Waals surface area contributed by atoms with Crippen molar-refractivity contribution >= 4 is 5.91 Å². The van der Waals surface area contributed by atoms with Gasteiger partial charge in [0, 0.05) is 43.5 Å². The van der Waals surface area contributed by atoms with Gasteiger partial charge in [-0.05, 0) is 18.8 Å². The first kappa shape index (κ1) is 15.8. The Morgan fingerprint density at radius 1 is 1.22 bits per heavy atom. The van der Waals surface area contributed by atoms with Crippen LogP contribution in [0.15, 0.2) is 42.7 Å². The summed E-state index contributed by atoms with van der Waals surface area (Å²) in [5.74, 6) is 2.04. The van der Waals surface area contributed by atoms with E-state index in [9.17, 15) is 4.79 Å². The molecule has 4 nitrogen and oxygen atoms in total. The Kier molecular flexibility index (Phi) is 4.79. The zero-order valence-electron chi connectivity index (χ0n) is 14.0. The van der Waals surface area contributed by atoms with E-state index < -0.39 is 0 Å². The average Bonchev–Trinajstić information content (AvgIpc) is 3.04. The normalized spacial score (nSPS) is 16.0. The number of imidazole rings is 1. The van der Waals surface area contributed by atoms with Crippen molar-refractivity contribution in [3.63, 3.8) is 0 Å². The molecule has 23 heavy (non-hydrogen) atoms. The smallest absolute Gasteiger partial charge is 0.225 e. The predicted octanol–water partition coefficient (Wildman–Crippen LogP) is 3.44. The fraction of sp³-hybridized carbons (Fsp3) is 0.474. The number of rotatable bonds is 4. The second-order valence-corrected chi connectivity index (χ2v) is 6.69. The van der Waals surface area contributed by atoms with Crippen LogP contribution in [0.3, 0.4) is 0 Å². The second kappa shape index (κ2) is 6.99. The van der Waals surface area contributed by atoms with Crippen LogP contribution in [-0.2, 0) is 11.3 Å². The number of aromatic nitrogens is 2. The lowest BCUT2D eigenvalue weighted by molar-refractivity contribution is -0.135. The summed E-state index contributed by atoms with van der Waals surface area (Å²) in [7, 11) is 0. The number of likely N-dealkylation sites (tertiary alicyclic amines) is 1. The molecule has 1 amide bonds. The molecule has 1 fully saturated rings. The van der Waals surface area contributed by atoms with Crippen molar-refractivity contribution in [2.45, 2.75) is 33.2 Å². The van der Waals surface area contributed by atoms with Gasteiger partial charge in [0.15, 0.2) is 0 Å². The predicted molar refractivity (Wildman–Crippen MR) is 91.8 cm³/mol. The summed E-state index contributed by atoms with van der Waals surface area (Å²) in [6.45, 7) is 6.71. The molecule has 1 aromatic carbocycles. The van der Waals surface area contributed by atoms with Gasteiger partial charge < -0.3 is 9.47 Å². The third-order valence-corrected chi connectivity index (χ3v) is 4.62. The molecule has 2 heterocycles. The van der Waals surface area contributed by atoms with E-state index in [2.05, 4.69) is 27.9 Å². The highest BCUT2D eigenvalue weighted by atomic mass is 16.2. The molecular formula is C19H25N3O. The maximum Gasteiger partial charge on any atom is 0.225 e. The first-order valence-corrected chi connectivity index (χ1v) is 8.50. The molecule has 0 spiro atoms. The number of piperidine rings is 1. The summed E-state index contributed by atoms with van der Waals surface area (Å²) in [4.78, 5) is 18.6. The van der Waals surface area contributed by atoms with Gasteiger partial charge in [-0.15, -0.1) is 0 Å². The van der Waals surface area contributed by atoms with Crippen LogP contribution in [0, 0.1) is 11.8 Å². The molecule has 3 rings (SSSR count). The SMILES string of the molecule is CC(C)C(=O)N1CCC(Cn2ccnc2-c2ccccc2)CC1. The van der Waals surface area contributed by atoms with Crippen molar-refractivity contribution in [1.82, 2.24) is 14.5 Å². The van der Waals surface area contributed by atoms with E-state index in [1.807, 2.05) is 43.1 Å². The number of nitrogens with zero attached hydrogens (tertiary/aromatic N) is 3. The Morgan fingerprint density at radius 3 is 2.57 bits per heavy atom. The van der Waals surface area contributed by atoms with Gasteiger partial charge in [-0.3, -0.25) is 4.79 Å². The monoisotopic (exact) mass is 311 g/mol. The molecule has 122 valence electrons. The molecule has 0 radical (unpaired) electrons. The zero-order chi connectivity index (χ0) is 16.2. The number of carbonyl (C=O) groups is 1. The first-order chi connectivity index (χ1) is 11.1. The number of carbonyl (C=O) groups excluding carboxylic acids is 1. The number of benzene rings is 1. The minimum Gasteiger partial charge on any atom is -0.342 e. The Morgan fingerprint density at radius 2 is 1.91 bits per heavy atom. The standard InChI is InChI=1S/C19H25N3O/c1-15(2)19(23)21-11-8-16(9-12-21)14-22-13-10-20-18(22)17-6-4-3-5-7-17/h3-7,10,13,15-16H,8-9,11-12,14H2,1-2H3. The van der Waals surface area contributed by atoms with Crippen molar-refractivity contribution in [2.24, 2.45) is 11.8 Å². The summed E-state index contributed by atoms with van der Waals surface area (Å²) in [5.41, 5.74) is 1.16. The average molecular weight is 311 g/mol. The number of hydrogen-bond donors (Lipinski definition) is 0. The number of amides is 1. The largest absolute Gasteiger partial charge is 0.342 e. The van der Waals surface area contributed by atoms with Crippen molar-refractivity contribution in [3.05, 3.63) is 42.7 Å². The molecule has 0 saturated carbocycles. The van der Waals surface area contributed by atoms with Gasteiger partial charge in [0.05, 0.1) is 0 Å². The lowest BCUT2D eigenvalue weighted by Gasteiger charge is -2.33. The first-order valence-electron chi connectivity index (χ1n) is 8.50. The van der Waals surface area contributed by atoms with Crippen LogP contribution < -0.4 is 0 Å². The van der Waals surface area contributed by atoms with Crippen molar-refractivity contribution in [2.75, 3.05) is 13.1 Å². The Bertz CT molecular complexity index is 640. The summed E-state index contributed by atoms with van der Waals surface area (Å²) in [5, 5.41) is 0. The van der Waals surface area contributed by atoms with Crippen LogP contribution in [0.25, 0.3) is 11.4 Å². The highest BCUT2D eigenvalue weighted by Crippen LogP contribution is 2.24. The van der Waals surface area contributed by atoms with E-state index in [0.717, 1.165) is 43.9 Å². The van der Waals surface area contributed by atoms with Gasteiger partial charge in [-0.2, -0.15) is 0 Å². The van der Waals surface area contributed by atoms with E-state index in [4.69, 9.17) is 0 Å². The van der Waals surface area contributed by atoms with Crippen LogP contribution in [0.4, 0.5) is 0 Å². The van der Waals surface area contributed by atoms with E-state index in [1.165, 1.54) is 0 Å². The molecule has 0 aliphatic carbocycles. The highest BCUT2D eigenvalue weighted by molar-refractivity contribution is 5.78. The number of hydrogen-bond acceptors (Lipinski definition) is 2. The van der Waals surface area contributed by atoms with Gasteiger partial charge in [0.2, 0.25) is 5.91 Å². The van der Waals surface area contributed by atoms with Crippen molar-refractivity contribution in [1.29, 1.82) is 0 Å². The van der Waals surface area contributed by atoms with Gasteiger partial charge in [0.25, 0.3) is 0 Å². The molecule has 4 heteroatoms. The maximum absolute atomic E-state index is 12.1. The van der Waals surface area contributed by atoms with Gasteiger partial charge in [0.1, 0.15) is 5.82 Å². The fourth-order valence-corrected chi connectivity index (χ4v) is 3.28. The zero-order valence-corrected chi connectivity index (χ0v) is 14.0. The highest BCUT2D eigenvalue weighted by Gasteiger charge is 2.24. The van der Waals surface area contributed by atoms with E-state index >= 15 is 0 Å². The molecule has 0 bridgehead atoms. The van der Waals surface area contributed by atoms with Crippen LogP contribution in [-0.4, -0.2) is 33.4 Å². The molecule has 2 aromatic rings. The van der Waals surface area contributed by atoms with Crippen molar-refractivity contribution in [3.8, 4) is 11.4 Å². The van der Waals surface area contributed by atoms with E-state index in [-0.39, 0.29) is 11.8 Å². The molecule has 0 atom stereocenters. The van der Waals surface area contributed by atoms with Gasteiger partial charge >= 0.3 is 0 Å². The lowest BCUT2D eigenvalue weighted by Crippen LogP contribution is -2.41. The molecule has 1 aliphatic heterocycles. The third kappa shape index (κ3) is 3.63. The molecular weight excluding hydrogens is 286 g/mol. The van der Waals surface area contributed by atoms with Crippen LogP contribution in [0.5, 0.6) is 0 Å². The molecule has 1 aromatic heterocycles. The summed E-state index contributed by atoms with van der Waals surface area (Å²) in [6, 6.07) is 10.3. The third-order valence-electron chi connectivity index (χ3n) is 4.62. The van der Waals surface area contributed by atoms with Gasteiger partial charge in [-0.25, -0.2) is 4.98 Å². The van der Waals surface area contributed by atoms with Crippen LogP contribution in [0.2, 0.25) is 0 Å². The van der Waals surface area contributed by atoms with Crippen LogP contribution in [0.1, 0.15) is 26.7 Å². The fourth-order valence-electron chi connectivity index (χ4n) is 3.28. The van der Waals surface area contributed by atoms with E-state index in [0.29, 0.717) is 5.92 Å². The molecule has 1 saturated heterocycles. The van der Waals surface area contributed by atoms with E-state index in [1.54, 1.807) is 0 Å². The lowest BCUT2D eigenvalue weighted by atomic mass is 9.95. The van der Waals surface area contributed by atoms with Crippen LogP contribution >= 0.6 is 0 Å². The topological polar surface area (TPSA) is 38.1 Å². The minimum absolute atomic E-state index is 0.102.